The van der Waals surface area contributed by atoms with E-state index in [0.29, 0.717) is 11.0 Å². The van der Waals surface area contributed by atoms with Crippen LogP contribution in [0.3, 0.4) is 0 Å². The van der Waals surface area contributed by atoms with E-state index in [1.165, 1.54) is 22.0 Å². The van der Waals surface area contributed by atoms with Gasteiger partial charge in [0.2, 0.25) is 4.96 Å². The minimum atomic E-state index is -0.840. The lowest BCUT2D eigenvalue weighted by Crippen LogP contribution is -2.13. The fourth-order valence-electron chi connectivity index (χ4n) is 1.53. The van der Waals surface area contributed by atoms with Crippen LogP contribution in [0.15, 0.2) is 29.9 Å². The zero-order chi connectivity index (χ0) is 13.4. The molecule has 3 aromatic rings. The molecule has 1 amide bonds. The molecule has 3 rings (SSSR count). The van der Waals surface area contributed by atoms with Crippen molar-refractivity contribution in [2.75, 3.05) is 5.32 Å². The highest BCUT2D eigenvalue weighted by Crippen LogP contribution is 2.16. The molecular formula is C11H6F2N4OS. The van der Waals surface area contributed by atoms with Crippen molar-refractivity contribution in [3.63, 3.8) is 0 Å². The van der Waals surface area contributed by atoms with E-state index >= 15 is 0 Å². The Bertz CT molecular complexity index is 738. The Morgan fingerprint density at radius 1 is 1.37 bits per heavy atom. The molecule has 8 heteroatoms. The number of hydrogen-bond acceptors (Lipinski definition) is 4. The molecule has 0 saturated carbocycles. The maximum atomic E-state index is 13.4. The fourth-order valence-corrected chi connectivity index (χ4v) is 2.13. The molecule has 0 unspecified atom stereocenters. The second-order valence-electron chi connectivity index (χ2n) is 3.67. The zero-order valence-corrected chi connectivity index (χ0v) is 10.1. The molecule has 1 N–H and O–H groups in total. The number of carbonyl (C=O) groups excluding carboxylic acids is 1. The molecule has 0 spiro atoms. The van der Waals surface area contributed by atoms with Crippen molar-refractivity contribution in [1.29, 1.82) is 0 Å². The molecule has 0 aliphatic carbocycles. The summed E-state index contributed by atoms with van der Waals surface area (Å²) in [5, 5.41) is 6.25. The van der Waals surface area contributed by atoms with E-state index in [0.717, 1.165) is 12.1 Å². The number of anilines is 1. The number of nitrogens with zero attached hydrogens (tertiary/aromatic N) is 3. The molecule has 0 aliphatic heterocycles. The number of hydrogen-bond donors (Lipinski definition) is 1. The Labute approximate surface area is 109 Å². The minimum absolute atomic E-state index is 0.101. The highest BCUT2D eigenvalue weighted by molar-refractivity contribution is 7.14. The summed E-state index contributed by atoms with van der Waals surface area (Å²) >= 11 is 1.27. The van der Waals surface area contributed by atoms with Crippen LogP contribution in [0.5, 0.6) is 0 Å². The number of aromatic nitrogens is 3. The highest BCUT2D eigenvalue weighted by Gasteiger charge is 2.14. The average Bonchev–Trinajstić information content (AvgIpc) is 2.93. The third kappa shape index (κ3) is 2.17. The van der Waals surface area contributed by atoms with Crippen LogP contribution in [-0.4, -0.2) is 20.5 Å². The molecule has 0 radical (unpaired) electrons. The number of rotatable bonds is 2. The van der Waals surface area contributed by atoms with E-state index in [9.17, 15) is 13.6 Å². The summed E-state index contributed by atoms with van der Waals surface area (Å²) in [5.41, 5.74) is 1.60. The Hall–Kier alpha value is -2.35. The van der Waals surface area contributed by atoms with Gasteiger partial charge in [-0.1, -0.05) is 11.3 Å². The fraction of sp³-hybridized carbons (Fsp3) is 0. The van der Waals surface area contributed by atoms with Gasteiger partial charge < -0.3 is 5.32 Å². The second-order valence-corrected chi connectivity index (χ2v) is 4.48. The van der Waals surface area contributed by atoms with Gasteiger partial charge in [-0.2, -0.15) is 5.10 Å². The van der Waals surface area contributed by atoms with Crippen molar-refractivity contribution in [2.45, 2.75) is 0 Å². The van der Waals surface area contributed by atoms with E-state index in [1.54, 1.807) is 5.51 Å². The highest BCUT2D eigenvalue weighted by atomic mass is 32.1. The van der Waals surface area contributed by atoms with Gasteiger partial charge >= 0.3 is 0 Å². The molecule has 0 saturated heterocycles. The van der Waals surface area contributed by atoms with Crippen molar-refractivity contribution in [2.24, 2.45) is 0 Å². The monoisotopic (exact) mass is 280 g/mol. The van der Waals surface area contributed by atoms with Gasteiger partial charge in [0, 0.05) is 6.07 Å². The zero-order valence-electron chi connectivity index (χ0n) is 9.30. The standard InChI is InChI=1S/C11H6F2N4OS/c12-6-1-2-8(7(13)3-6)15-10(18)9-4-17-11(16-9)19-5-14-17/h1-5H,(H,15,18). The van der Waals surface area contributed by atoms with E-state index in [1.807, 2.05) is 0 Å². The molecule has 96 valence electrons. The van der Waals surface area contributed by atoms with Gasteiger partial charge in [-0.05, 0) is 12.1 Å². The Morgan fingerprint density at radius 2 is 2.21 bits per heavy atom. The molecule has 2 heterocycles. The summed E-state index contributed by atoms with van der Waals surface area (Å²) in [6.45, 7) is 0. The Balaban J connectivity index is 1.86. The van der Waals surface area contributed by atoms with Crippen molar-refractivity contribution in [3.8, 4) is 0 Å². The summed E-state index contributed by atoms with van der Waals surface area (Å²) in [6, 6.07) is 2.91. The lowest BCUT2D eigenvalue weighted by molar-refractivity contribution is 0.102. The second kappa shape index (κ2) is 4.39. The Kier molecular flexibility index (Phi) is 2.71. The maximum absolute atomic E-state index is 13.4. The first kappa shape index (κ1) is 11.7. The van der Waals surface area contributed by atoms with Crippen molar-refractivity contribution in [1.82, 2.24) is 14.6 Å². The summed E-state index contributed by atoms with van der Waals surface area (Å²) < 4.78 is 27.6. The van der Waals surface area contributed by atoms with E-state index in [2.05, 4.69) is 15.4 Å². The van der Waals surface area contributed by atoms with Gasteiger partial charge in [0.1, 0.15) is 22.8 Å². The number of halogens is 2. The van der Waals surface area contributed by atoms with Gasteiger partial charge in [0.15, 0.2) is 0 Å². The molecule has 2 aromatic heterocycles. The molecular weight excluding hydrogens is 274 g/mol. The minimum Gasteiger partial charge on any atom is -0.318 e. The van der Waals surface area contributed by atoms with Crippen LogP contribution in [0.4, 0.5) is 14.5 Å². The van der Waals surface area contributed by atoms with Gasteiger partial charge in [0.25, 0.3) is 5.91 Å². The Morgan fingerprint density at radius 3 is 2.95 bits per heavy atom. The number of fused-ring (bicyclic) bond motifs is 1. The third-order valence-electron chi connectivity index (χ3n) is 2.40. The molecule has 0 aliphatic rings. The quantitative estimate of drug-likeness (QED) is 0.783. The van der Waals surface area contributed by atoms with Gasteiger partial charge in [0.05, 0.1) is 11.9 Å². The van der Waals surface area contributed by atoms with Crippen molar-refractivity contribution < 1.29 is 13.6 Å². The van der Waals surface area contributed by atoms with E-state index in [-0.39, 0.29) is 11.4 Å². The first-order chi connectivity index (χ1) is 9.13. The number of benzene rings is 1. The third-order valence-corrected chi connectivity index (χ3v) is 3.09. The normalized spacial score (nSPS) is 10.8. The summed E-state index contributed by atoms with van der Waals surface area (Å²) in [6.07, 6.45) is 1.43. The van der Waals surface area contributed by atoms with Gasteiger partial charge in [-0.3, -0.25) is 4.79 Å². The van der Waals surface area contributed by atoms with Crippen LogP contribution in [0.2, 0.25) is 0 Å². The molecule has 0 fully saturated rings. The van der Waals surface area contributed by atoms with Crippen molar-refractivity contribution >= 4 is 27.9 Å². The number of nitrogens with one attached hydrogen (secondary N) is 1. The summed E-state index contributed by atoms with van der Waals surface area (Å²) in [5.74, 6) is -2.13. The van der Waals surface area contributed by atoms with Crippen LogP contribution in [-0.2, 0) is 0 Å². The largest absolute Gasteiger partial charge is 0.318 e. The number of carbonyl (C=O) groups is 1. The summed E-state index contributed by atoms with van der Waals surface area (Å²) in [7, 11) is 0. The number of amides is 1. The first-order valence-corrected chi connectivity index (χ1v) is 6.07. The first-order valence-electron chi connectivity index (χ1n) is 5.19. The number of imidazole rings is 1. The van der Waals surface area contributed by atoms with Crippen LogP contribution >= 0.6 is 11.3 Å². The molecule has 0 bridgehead atoms. The lowest BCUT2D eigenvalue weighted by atomic mass is 10.3. The van der Waals surface area contributed by atoms with Gasteiger partial charge in [-0.15, -0.1) is 0 Å². The van der Waals surface area contributed by atoms with Crippen LogP contribution in [0.1, 0.15) is 10.5 Å². The van der Waals surface area contributed by atoms with Crippen molar-refractivity contribution in [3.05, 3.63) is 47.2 Å². The predicted octanol–water partition coefficient (Wildman–Crippen LogP) is 2.32. The van der Waals surface area contributed by atoms with Crippen LogP contribution < -0.4 is 5.32 Å². The SMILES string of the molecule is O=C(Nc1ccc(F)cc1F)c1cn2ncsc2n1. The van der Waals surface area contributed by atoms with E-state index in [4.69, 9.17) is 0 Å². The molecule has 0 atom stereocenters. The topological polar surface area (TPSA) is 59.3 Å². The van der Waals surface area contributed by atoms with E-state index < -0.39 is 17.5 Å². The smallest absolute Gasteiger partial charge is 0.276 e. The van der Waals surface area contributed by atoms with Crippen LogP contribution in [0.25, 0.3) is 4.96 Å². The average molecular weight is 280 g/mol. The van der Waals surface area contributed by atoms with Crippen LogP contribution in [0, 0.1) is 11.6 Å². The van der Waals surface area contributed by atoms with Gasteiger partial charge in [-0.25, -0.2) is 18.3 Å². The predicted molar refractivity (Wildman–Crippen MR) is 65.2 cm³/mol. The molecule has 19 heavy (non-hydrogen) atoms. The molecule has 5 nitrogen and oxygen atoms in total. The summed E-state index contributed by atoms with van der Waals surface area (Å²) in [4.78, 5) is 16.4. The maximum Gasteiger partial charge on any atom is 0.276 e. The lowest BCUT2D eigenvalue weighted by Gasteiger charge is -2.04. The molecule has 1 aromatic carbocycles.